The molecule has 2 aromatic heterocycles. The van der Waals surface area contributed by atoms with Crippen LogP contribution in [0.1, 0.15) is 31.1 Å². The van der Waals surface area contributed by atoms with Crippen LogP contribution in [-0.4, -0.2) is 47.9 Å². The standard InChI is InChI=1S/C25H19F3N4O5/c1-31(17-7-8-21(37-25(26,27)28)18(12-17)24(35)36-2)23(34)16-9-10-32-20(11-16)19(13-30-32)14-3-5-15(6-4-14)22(29)33/h3-13H,1-2H3,(H2,29,33). The first-order chi connectivity index (χ1) is 17.5. The third kappa shape index (κ3) is 5.22. The highest BCUT2D eigenvalue weighted by atomic mass is 19.4. The lowest BCUT2D eigenvalue weighted by molar-refractivity contribution is -0.274. The Kier molecular flexibility index (Phi) is 6.58. The van der Waals surface area contributed by atoms with Crippen molar-refractivity contribution < 1.29 is 37.0 Å². The number of amides is 2. The quantitative estimate of drug-likeness (QED) is 0.390. The zero-order valence-electron chi connectivity index (χ0n) is 19.4. The molecule has 0 saturated carbocycles. The molecule has 12 heteroatoms. The normalized spacial score (nSPS) is 11.3. The number of methoxy groups -OCH3 is 1. The second kappa shape index (κ2) is 9.64. The maximum atomic E-state index is 13.3. The second-order valence-electron chi connectivity index (χ2n) is 7.83. The fourth-order valence-electron chi connectivity index (χ4n) is 3.67. The van der Waals surface area contributed by atoms with Crippen molar-refractivity contribution in [1.82, 2.24) is 9.61 Å². The Bertz CT molecular complexity index is 1510. The van der Waals surface area contributed by atoms with Gasteiger partial charge in [-0.1, -0.05) is 12.1 Å². The molecule has 0 bridgehead atoms. The number of benzene rings is 2. The Labute approximate surface area is 207 Å². The van der Waals surface area contributed by atoms with E-state index in [1.54, 1.807) is 47.2 Å². The summed E-state index contributed by atoms with van der Waals surface area (Å²) in [7, 11) is 2.42. The number of rotatable bonds is 6. The maximum absolute atomic E-state index is 13.3. The number of hydrogen-bond donors (Lipinski definition) is 1. The SMILES string of the molecule is COC(=O)c1cc(N(C)C(=O)c2ccn3ncc(-c4ccc(C(N)=O)cc4)c3c2)ccc1OC(F)(F)F. The van der Waals surface area contributed by atoms with Crippen molar-refractivity contribution in [3.05, 3.63) is 83.7 Å². The number of ether oxygens (including phenoxy) is 2. The lowest BCUT2D eigenvalue weighted by Crippen LogP contribution is -2.27. The van der Waals surface area contributed by atoms with Gasteiger partial charge >= 0.3 is 12.3 Å². The summed E-state index contributed by atoms with van der Waals surface area (Å²) in [5.41, 5.74) is 7.54. The molecule has 0 radical (unpaired) electrons. The summed E-state index contributed by atoms with van der Waals surface area (Å²) in [6.45, 7) is 0. The number of fused-ring (bicyclic) bond motifs is 1. The number of primary amides is 1. The predicted octanol–water partition coefficient (Wildman–Crippen LogP) is 4.06. The van der Waals surface area contributed by atoms with Gasteiger partial charge in [0, 0.05) is 35.6 Å². The highest BCUT2D eigenvalue weighted by molar-refractivity contribution is 6.07. The van der Waals surface area contributed by atoms with Gasteiger partial charge in [-0.25, -0.2) is 9.31 Å². The summed E-state index contributed by atoms with van der Waals surface area (Å²) >= 11 is 0. The van der Waals surface area contributed by atoms with E-state index in [0.29, 0.717) is 16.6 Å². The Balaban J connectivity index is 1.68. The minimum Gasteiger partial charge on any atom is -0.465 e. The second-order valence-corrected chi connectivity index (χ2v) is 7.83. The van der Waals surface area contributed by atoms with Gasteiger partial charge in [0.05, 0.1) is 18.8 Å². The van der Waals surface area contributed by atoms with Crippen LogP contribution in [0.2, 0.25) is 0 Å². The van der Waals surface area contributed by atoms with Crippen LogP contribution in [-0.2, 0) is 4.74 Å². The zero-order valence-corrected chi connectivity index (χ0v) is 19.4. The number of carbonyl (C=O) groups excluding carboxylic acids is 3. The van der Waals surface area contributed by atoms with Gasteiger partial charge in [0.1, 0.15) is 11.3 Å². The molecule has 190 valence electrons. The fraction of sp³-hybridized carbons (Fsp3) is 0.120. The average Bonchev–Trinajstić information content (AvgIpc) is 3.30. The van der Waals surface area contributed by atoms with Crippen molar-refractivity contribution >= 4 is 29.0 Å². The molecule has 2 heterocycles. The number of nitrogens with zero attached hydrogens (tertiary/aromatic N) is 3. The largest absolute Gasteiger partial charge is 0.573 e. The van der Waals surface area contributed by atoms with Crippen LogP contribution in [0.4, 0.5) is 18.9 Å². The lowest BCUT2D eigenvalue weighted by Gasteiger charge is -2.20. The molecule has 4 rings (SSSR count). The molecule has 0 spiro atoms. The van der Waals surface area contributed by atoms with Gasteiger partial charge in [-0.15, -0.1) is 13.2 Å². The Hall–Kier alpha value is -4.87. The van der Waals surface area contributed by atoms with E-state index >= 15 is 0 Å². The third-order valence-corrected chi connectivity index (χ3v) is 5.53. The number of pyridine rings is 1. The fourth-order valence-corrected chi connectivity index (χ4v) is 3.67. The van der Waals surface area contributed by atoms with Crippen LogP contribution < -0.4 is 15.4 Å². The summed E-state index contributed by atoms with van der Waals surface area (Å²) < 4.78 is 48.3. The molecule has 0 aliphatic heterocycles. The lowest BCUT2D eigenvalue weighted by atomic mass is 10.0. The monoisotopic (exact) mass is 512 g/mol. The van der Waals surface area contributed by atoms with Gasteiger partial charge in [0.25, 0.3) is 5.91 Å². The minimum atomic E-state index is -5.02. The number of alkyl halides is 3. The first kappa shape index (κ1) is 25.2. The number of anilines is 1. The number of hydrogen-bond acceptors (Lipinski definition) is 6. The van der Waals surface area contributed by atoms with Crippen molar-refractivity contribution in [3.63, 3.8) is 0 Å². The van der Waals surface area contributed by atoms with Crippen LogP contribution in [0, 0.1) is 0 Å². The summed E-state index contributed by atoms with van der Waals surface area (Å²) in [6, 6.07) is 12.9. The van der Waals surface area contributed by atoms with E-state index in [1.807, 2.05) is 0 Å². The molecule has 0 fully saturated rings. The van der Waals surface area contributed by atoms with Crippen LogP contribution in [0.15, 0.2) is 67.0 Å². The molecule has 9 nitrogen and oxygen atoms in total. The molecule has 2 aromatic carbocycles. The number of esters is 1. The van der Waals surface area contributed by atoms with E-state index in [2.05, 4.69) is 14.6 Å². The molecule has 2 N–H and O–H groups in total. The van der Waals surface area contributed by atoms with Crippen molar-refractivity contribution in [2.75, 3.05) is 19.1 Å². The van der Waals surface area contributed by atoms with Gasteiger partial charge in [-0.3, -0.25) is 9.59 Å². The maximum Gasteiger partial charge on any atom is 0.573 e. The van der Waals surface area contributed by atoms with Crippen LogP contribution >= 0.6 is 0 Å². The van der Waals surface area contributed by atoms with Gasteiger partial charge in [0.15, 0.2) is 0 Å². The Morgan fingerprint density at radius 3 is 2.32 bits per heavy atom. The van der Waals surface area contributed by atoms with E-state index in [0.717, 1.165) is 24.8 Å². The van der Waals surface area contributed by atoms with Gasteiger partial charge < -0.3 is 20.1 Å². The molecule has 0 aliphatic carbocycles. The Morgan fingerprint density at radius 1 is 1.00 bits per heavy atom. The van der Waals surface area contributed by atoms with E-state index in [-0.39, 0.29) is 11.3 Å². The van der Waals surface area contributed by atoms with Gasteiger partial charge in [-0.05, 0) is 48.0 Å². The highest BCUT2D eigenvalue weighted by Gasteiger charge is 2.33. The molecule has 2 amide bonds. The van der Waals surface area contributed by atoms with Gasteiger partial charge in [-0.2, -0.15) is 5.10 Å². The summed E-state index contributed by atoms with van der Waals surface area (Å²) in [5.74, 6) is -2.87. The summed E-state index contributed by atoms with van der Waals surface area (Å²) in [4.78, 5) is 37.9. The zero-order chi connectivity index (χ0) is 26.9. The topological polar surface area (TPSA) is 116 Å². The van der Waals surface area contributed by atoms with Crippen molar-refractivity contribution in [2.24, 2.45) is 5.73 Å². The number of halogens is 3. The predicted molar refractivity (Wildman–Crippen MR) is 126 cm³/mol. The van der Waals surface area contributed by atoms with Crippen LogP contribution in [0.5, 0.6) is 5.75 Å². The average molecular weight is 512 g/mol. The van der Waals surface area contributed by atoms with Crippen molar-refractivity contribution in [2.45, 2.75) is 6.36 Å². The molecule has 0 aliphatic rings. The summed E-state index contributed by atoms with van der Waals surface area (Å²) in [6.07, 6.45) is -1.84. The summed E-state index contributed by atoms with van der Waals surface area (Å²) in [5, 5.41) is 4.28. The number of carbonyl (C=O) groups is 3. The van der Waals surface area contributed by atoms with E-state index < -0.39 is 35.5 Å². The van der Waals surface area contributed by atoms with Crippen molar-refractivity contribution in [3.8, 4) is 16.9 Å². The van der Waals surface area contributed by atoms with Crippen LogP contribution in [0.25, 0.3) is 16.6 Å². The molecule has 0 saturated heterocycles. The van der Waals surface area contributed by atoms with Crippen molar-refractivity contribution in [1.29, 1.82) is 0 Å². The molecule has 0 atom stereocenters. The smallest absolute Gasteiger partial charge is 0.465 e. The number of nitrogens with two attached hydrogens (primary N) is 1. The van der Waals surface area contributed by atoms with Gasteiger partial charge in [0.2, 0.25) is 5.91 Å². The van der Waals surface area contributed by atoms with E-state index in [4.69, 9.17) is 5.73 Å². The highest BCUT2D eigenvalue weighted by Crippen LogP contribution is 2.31. The van der Waals surface area contributed by atoms with E-state index in [9.17, 15) is 27.6 Å². The van der Waals surface area contributed by atoms with E-state index in [1.165, 1.54) is 24.1 Å². The molecule has 4 aromatic rings. The number of aromatic nitrogens is 2. The first-order valence-corrected chi connectivity index (χ1v) is 10.6. The molecule has 37 heavy (non-hydrogen) atoms. The molecular formula is C25H19F3N4O5. The first-order valence-electron chi connectivity index (χ1n) is 10.6. The molecular weight excluding hydrogens is 493 g/mol. The Morgan fingerprint density at radius 2 is 1.70 bits per heavy atom. The molecule has 0 unspecified atom stereocenters. The minimum absolute atomic E-state index is 0.135. The van der Waals surface area contributed by atoms with Crippen LogP contribution in [0.3, 0.4) is 0 Å². The third-order valence-electron chi connectivity index (χ3n) is 5.53.